The highest BCUT2D eigenvalue weighted by molar-refractivity contribution is 7.95. The first-order chi connectivity index (χ1) is 7.75. The first-order valence-electron chi connectivity index (χ1n) is 4.38. The number of ether oxygens (including phenoxy) is 1. The van der Waals surface area contributed by atoms with Crippen molar-refractivity contribution in [2.24, 2.45) is 0 Å². The Kier molecular flexibility index (Phi) is 5.53. The van der Waals surface area contributed by atoms with Crippen LogP contribution in [0.4, 0.5) is 0 Å². The van der Waals surface area contributed by atoms with E-state index in [9.17, 15) is 16.8 Å². The standard InChI is InChI=1S/C10H14O5S2/c1-5-9(16(11,12)7-3)15-10(6-2)17(13,14)8-4/h5-10H,1-4H2. The van der Waals surface area contributed by atoms with Gasteiger partial charge in [-0.2, -0.15) is 0 Å². The Hall–Kier alpha value is -1.18. The van der Waals surface area contributed by atoms with Gasteiger partial charge < -0.3 is 4.74 Å². The predicted molar refractivity (Wildman–Crippen MR) is 67.3 cm³/mol. The third-order valence-corrected chi connectivity index (χ3v) is 4.60. The van der Waals surface area contributed by atoms with Gasteiger partial charge in [0, 0.05) is 10.8 Å². The molecule has 5 nitrogen and oxygen atoms in total. The fraction of sp³-hybridized carbons (Fsp3) is 0.200. The molecule has 0 N–H and O–H groups in total. The van der Waals surface area contributed by atoms with Crippen molar-refractivity contribution in [1.82, 2.24) is 0 Å². The van der Waals surface area contributed by atoms with Gasteiger partial charge in [-0.25, -0.2) is 16.8 Å². The highest BCUT2D eigenvalue weighted by Crippen LogP contribution is 2.15. The SMILES string of the molecule is C=CC(OC(C=C)S(=O)(=O)C=C)S(=O)(=O)C=C. The number of rotatable bonds is 8. The third-order valence-electron chi connectivity index (χ3n) is 1.77. The second-order valence-electron chi connectivity index (χ2n) is 2.86. The molecular formula is C10H14O5S2. The van der Waals surface area contributed by atoms with Gasteiger partial charge >= 0.3 is 0 Å². The van der Waals surface area contributed by atoms with Crippen molar-refractivity contribution < 1.29 is 21.6 Å². The summed E-state index contributed by atoms with van der Waals surface area (Å²) in [4.78, 5) is 0. The van der Waals surface area contributed by atoms with Crippen LogP contribution in [0.2, 0.25) is 0 Å². The van der Waals surface area contributed by atoms with E-state index in [0.29, 0.717) is 10.8 Å². The van der Waals surface area contributed by atoms with E-state index < -0.39 is 30.5 Å². The van der Waals surface area contributed by atoms with E-state index in [1.54, 1.807) is 0 Å². The zero-order valence-corrected chi connectivity index (χ0v) is 10.8. The van der Waals surface area contributed by atoms with Gasteiger partial charge in [-0.1, -0.05) is 26.3 Å². The van der Waals surface area contributed by atoms with Crippen molar-refractivity contribution >= 4 is 19.7 Å². The minimum Gasteiger partial charge on any atom is -0.334 e. The molecule has 96 valence electrons. The van der Waals surface area contributed by atoms with E-state index >= 15 is 0 Å². The fourth-order valence-corrected chi connectivity index (χ4v) is 2.39. The van der Waals surface area contributed by atoms with E-state index in [1.165, 1.54) is 0 Å². The molecule has 17 heavy (non-hydrogen) atoms. The van der Waals surface area contributed by atoms with Gasteiger partial charge in [-0.3, -0.25) is 0 Å². The molecule has 0 saturated carbocycles. The molecule has 0 aliphatic heterocycles. The van der Waals surface area contributed by atoms with Crippen LogP contribution < -0.4 is 0 Å². The molecule has 2 unspecified atom stereocenters. The Morgan fingerprint density at radius 1 is 0.765 bits per heavy atom. The molecule has 0 heterocycles. The van der Waals surface area contributed by atoms with Crippen LogP contribution in [-0.4, -0.2) is 27.7 Å². The fourth-order valence-electron chi connectivity index (χ4n) is 0.856. The molecular weight excluding hydrogens is 264 g/mol. The van der Waals surface area contributed by atoms with Crippen LogP contribution >= 0.6 is 0 Å². The normalized spacial score (nSPS) is 15.5. The minimum atomic E-state index is -3.81. The summed E-state index contributed by atoms with van der Waals surface area (Å²) in [6.45, 7) is 12.7. The average Bonchev–Trinajstić information content (AvgIpc) is 2.29. The molecule has 0 aromatic carbocycles. The Morgan fingerprint density at radius 2 is 1.06 bits per heavy atom. The summed E-state index contributed by atoms with van der Waals surface area (Å²) in [6, 6.07) is 0. The van der Waals surface area contributed by atoms with Gasteiger partial charge in [-0.15, -0.1) is 0 Å². The molecule has 2 atom stereocenters. The summed E-state index contributed by atoms with van der Waals surface area (Å²) < 4.78 is 50.6. The number of sulfone groups is 2. The van der Waals surface area contributed by atoms with Crippen molar-refractivity contribution in [2.45, 2.75) is 10.9 Å². The topological polar surface area (TPSA) is 77.5 Å². The molecule has 0 aromatic rings. The van der Waals surface area contributed by atoms with Crippen molar-refractivity contribution in [3.05, 3.63) is 49.3 Å². The zero-order chi connectivity index (χ0) is 13.7. The van der Waals surface area contributed by atoms with Crippen LogP contribution in [0.3, 0.4) is 0 Å². The van der Waals surface area contributed by atoms with E-state index in [0.717, 1.165) is 12.2 Å². The highest BCUT2D eigenvalue weighted by Gasteiger charge is 2.28. The summed E-state index contributed by atoms with van der Waals surface area (Å²) >= 11 is 0. The van der Waals surface area contributed by atoms with Crippen LogP contribution in [0, 0.1) is 0 Å². The maximum absolute atomic E-state index is 11.4. The van der Waals surface area contributed by atoms with Crippen LogP contribution in [0.15, 0.2) is 49.3 Å². The molecule has 0 aliphatic carbocycles. The van der Waals surface area contributed by atoms with Gasteiger partial charge in [0.15, 0.2) is 10.9 Å². The lowest BCUT2D eigenvalue weighted by atomic mass is 10.6. The number of hydrogen-bond acceptors (Lipinski definition) is 5. The summed E-state index contributed by atoms with van der Waals surface area (Å²) in [7, 11) is -7.61. The first kappa shape index (κ1) is 15.8. The van der Waals surface area contributed by atoms with E-state index in [4.69, 9.17) is 4.74 Å². The van der Waals surface area contributed by atoms with Crippen LogP contribution in [-0.2, 0) is 24.4 Å². The Labute approximate surface area is 102 Å². The van der Waals surface area contributed by atoms with Crippen molar-refractivity contribution in [1.29, 1.82) is 0 Å². The molecule has 0 radical (unpaired) electrons. The smallest absolute Gasteiger partial charge is 0.201 e. The van der Waals surface area contributed by atoms with Crippen LogP contribution in [0.5, 0.6) is 0 Å². The monoisotopic (exact) mass is 278 g/mol. The summed E-state index contributed by atoms with van der Waals surface area (Å²) in [6.07, 6.45) is 1.93. The van der Waals surface area contributed by atoms with E-state index in [1.807, 2.05) is 0 Å². The highest BCUT2D eigenvalue weighted by atomic mass is 32.2. The molecule has 0 saturated heterocycles. The van der Waals surface area contributed by atoms with Gasteiger partial charge in [0.1, 0.15) is 0 Å². The molecule has 0 amide bonds. The molecule has 0 spiro atoms. The maximum atomic E-state index is 11.4. The molecule has 0 rings (SSSR count). The van der Waals surface area contributed by atoms with Crippen molar-refractivity contribution in [3.63, 3.8) is 0 Å². The second kappa shape index (κ2) is 5.95. The van der Waals surface area contributed by atoms with Gasteiger partial charge in [0.05, 0.1) is 0 Å². The largest absolute Gasteiger partial charge is 0.334 e. The average molecular weight is 278 g/mol. The van der Waals surface area contributed by atoms with E-state index in [-0.39, 0.29) is 0 Å². The van der Waals surface area contributed by atoms with Gasteiger partial charge in [0.25, 0.3) is 0 Å². The van der Waals surface area contributed by atoms with Gasteiger partial charge in [-0.05, 0) is 12.2 Å². The van der Waals surface area contributed by atoms with Crippen molar-refractivity contribution in [2.75, 3.05) is 0 Å². The lowest BCUT2D eigenvalue weighted by Crippen LogP contribution is -2.29. The lowest BCUT2D eigenvalue weighted by molar-refractivity contribution is 0.134. The molecule has 0 bridgehead atoms. The van der Waals surface area contributed by atoms with Crippen LogP contribution in [0.1, 0.15) is 0 Å². The minimum absolute atomic E-state index is 0.667. The maximum Gasteiger partial charge on any atom is 0.201 e. The number of hydrogen-bond donors (Lipinski definition) is 0. The molecule has 0 aliphatic rings. The molecule has 0 aromatic heterocycles. The molecule has 0 fully saturated rings. The Bertz CT molecular complexity index is 465. The van der Waals surface area contributed by atoms with Crippen LogP contribution in [0.25, 0.3) is 0 Å². The predicted octanol–water partition coefficient (Wildman–Crippen LogP) is 1.14. The first-order valence-corrected chi connectivity index (χ1v) is 7.60. The summed E-state index contributed by atoms with van der Waals surface area (Å²) in [5.74, 6) is 0. The third kappa shape index (κ3) is 3.95. The van der Waals surface area contributed by atoms with Crippen molar-refractivity contribution in [3.8, 4) is 0 Å². The Balaban J connectivity index is 5.29. The Morgan fingerprint density at radius 3 is 1.24 bits per heavy atom. The second-order valence-corrected chi connectivity index (χ2v) is 6.81. The summed E-state index contributed by atoms with van der Waals surface area (Å²) in [5.41, 5.74) is -3.00. The van der Waals surface area contributed by atoms with E-state index in [2.05, 4.69) is 26.3 Å². The molecule has 7 heteroatoms. The zero-order valence-electron chi connectivity index (χ0n) is 9.15. The lowest BCUT2D eigenvalue weighted by Gasteiger charge is -2.17. The quantitative estimate of drug-likeness (QED) is 0.622. The summed E-state index contributed by atoms with van der Waals surface area (Å²) in [5, 5.41) is 1.33. The van der Waals surface area contributed by atoms with Gasteiger partial charge in [0.2, 0.25) is 19.7 Å².